The zero-order valence-corrected chi connectivity index (χ0v) is 16.6. The van der Waals surface area contributed by atoms with Crippen molar-refractivity contribution in [2.75, 3.05) is 10.0 Å². The van der Waals surface area contributed by atoms with Crippen LogP contribution in [0.25, 0.3) is 0 Å². The number of sulfonamides is 1. The van der Waals surface area contributed by atoms with E-state index in [0.29, 0.717) is 0 Å². The smallest absolute Gasteiger partial charge is 0.271 e. The van der Waals surface area contributed by atoms with Gasteiger partial charge in [-0.25, -0.2) is 12.8 Å². The number of carbonyl (C=O) groups is 1. The highest BCUT2D eigenvalue weighted by Crippen LogP contribution is 2.27. The fourth-order valence-electron chi connectivity index (χ4n) is 2.46. The molecule has 30 heavy (non-hydrogen) atoms. The van der Waals surface area contributed by atoms with Gasteiger partial charge >= 0.3 is 0 Å². The summed E-state index contributed by atoms with van der Waals surface area (Å²) in [6.07, 6.45) is 0. The lowest BCUT2D eigenvalue weighted by molar-refractivity contribution is -0.384. The van der Waals surface area contributed by atoms with E-state index in [9.17, 15) is 27.7 Å². The van der Waals surface area contributed by atoms with Gasteiger partial charge in [0.05, 0.1) is 20.5 Å². The number of hydrogen-bond acceptors (Lipinski definition) is 5. The van der Waals surface area contributed by atoms with Crippen LogP contribution in [0.5, 0.6) is 0 Å². The molecule has 0 aliphatic carbocycles. The van der Waals surface area contributed by atoms with Gasteiger partial charge in [-0.15, -0.1) is 0 Å². The number of benzene rings is 3. The number of halogens is 2. The number of nitrogens with one attached hydrogen (secondary N) is 2. The Kier molecular flexibility index (Phi) is 5.99. The summed E-state index contributed by atoms with van der Waals surface area (Å²) in [6.45, 7) is 0. The highest BCUT2D eigenvalue weighted by Gasteiger charge is 2.18. The largest absolute Gasteiger partial charge is 0.322 e. The lowest BCUT2D eigenvalue weighted by Crippen LogP contribution is -2.15. The summed E-state index contributed by atoms with van der Waals surface area (Å²) < 4.78 is 40.3. The van der Waals surface area contributed by atoms with Crippen molar-refractivity contribution in [3.8, 4) is 0 Å². The minimum Gasteiger partial charge on any atom is -0.322 e. The van der Waals surface area contributed by atoms with Crippen LogP contribution in [0.2, 0.25) is 5.02 Å². The van der Waals surface area contributed by atoms with Gasteiger partial charge in [-0.3, -0.25) is 19.6 Å². The molecule has 0 aliphatic heterocycles. The fraction of sp³-hybridized carbons (Fsp3) is 0. The fourth-order valence-corrected chi connectivity index (χ4v) is 3.75. The van der Waals surface area contributed by atoms with Gasteiger partial charge in [0.1, 0.15) is 5.82 Å². The van der Waals surface area contributed by atoms with Crippen molar-refractivity contribution >= 4 is 44.6 Å². The van der Waals surface area contributed by atoms with Gasteiger partial charge in [0.2, 0.25) is 0 Å². The second-order valence-corrected chi connectivity index (χ2v) is 8.11. The summed E-state index contributed by atoms with van der Waals surface area (Å²) in [7, 11) is -4.08. The molecule has 0 heterocycles. The van der Waals surface area contributed by atoms with Crippen molar-refractivity contribution in [3.05, 3.63) is 93.2 Å². The van der Waals surface area contributed by atoms with Crippen molar-refractivity contribution < 1.29 is 22.5 Å². The molecule has 2 N–H and O–H groups in total. The van der Waals surface area contributed by atoms with Crippen LogP contribution in [0, 0.1) is 15.9 Å². The van der Waals surface area contributed by atoms with Crippen molar-refractivity contribution in [1.82, 2.24) is 0 Å². The molecule has 1 amide bonds. The average Bonchev–Trinajstić information content (AvgIpc) is 2.70. The Bertz CT molecular complexity index is 1230. The van der Waals surface area contributed by atoms with Gasteiger partial charge in [-0.2, -0.15) is 0 Å². The predicted molar refractivity (Wildman–Crippen MR) is 110 cm³/mol. The minimum atomic E-state index is -4.08. The van der Waals surface area contributed by atoms with Crippen LogP contribution >= 0.6 is 11.6 Å². The van der Waals surface area contributed by atoms with Crippen molar-refractivity contribution in [2.24, 2.45) is 0 Å². The highest BCUT2D eigenvalue weighted by atomic mass is 35.5. The van der Waals surface area contributed by atoms with Crippen LogP contribution in [0.3, 0.4) is 0 Å². The maximum atomic E-state index is 13.0. The standard InChI is InChI=1S/C19H13ClFN3O5S/c20-17-9-4-12(19(25)22-14-2-1-3-15(11-14)24(26)27)10-18(17)23-30(28,29)16-7-5-13(21)6-8-16/h1-11,23H,(H,22,25). The number of non-ortho nitro benzene ring substituents is 1. The average molecular weight is 450 g/mol. The Morgan fingerprint density at radius 2 is 1.73 bits per heavy atom. The maximum Gasteiger partial charge on any atom is 0.271 e. The number of nitrogens with zero attached hydrogens (tertiary/aromatic N) is 1. The second kappa shape index (κ2) is 8.47. The molecular formula is C19H13ClFN3O5S. The molecule has 0 saturated heterocycles. The van der Waals surface area contributed by atoms with E-state index in [1.165, 1.54) is 42.5 Å². The molecule has 3 aromatic carbocycles. The maximum absolute atomic E-state index is 13.0. The summed E-state index contributed by atoms with van der Waals surface area (Å²) in [6, 6.07) is 13.4. The van der Waals surface area contributed by atoms with E-state index in [4.69, 9.17) is 11.6 Å². The molecule has 0 radical (unpaired) electrons. The second-order valence-electron chi connectivity index (χ2n) is 6.02. The summed E-state index contributed by atoms with van der Waals surface area (Å²) in [4.78, 5) is 22.6. The first-order valence-electron chi connectivity index (χ1n) is 8.29. The summed E-state index contributed by atoms with van der Waals surface area (Å²) in [5.74, 6) is -1.22. The molecule has 3 aromatic rings. The first kappa shape index (κ1) is 21.2. The summed E-state index contributed by atoms with van der Waals surface area (Å²) >= 11 is 6.04. The Morgan fingerprint density at radius 1 is 1.03 bits per heavy atom. The number of anilines is 2. The lowest BCUT2D eigenvalue weighted by atomic mass is 10.2. The molecule has 3 rings (SSSR count). The van der Waals surface area contributed by atoms with Gasteiger partial charge in [0, 0.05) is 23.4 Å². The van der Waals surface area contributed by atoms with Gasteiger partial charge < -0.3 is 5.32 Å². The van der Waals surface area contributed by atoms with Crippen LogP contribution in [-0.2, 0) is 10.0 Å². The molecular weight excluding hydrogens is 437 g/mol. The monoisotopic (exact) mass is 449 g/mol. The van der Waals surface area contributed by atoms with Crippen molar-refractivity contribution in [2.45, 2.75) is 4.90 Å². The molecule has 11 heteroatoms. The quantitative estimate of drug-likeness (QED) is 0.426. The SMILES string of the molecule is O=C(Nc1cccc([N+](=O)[O-])c1)c1ccc(Cl)c(NS(=O)(=O)c2ccc(F)cc2)c1. The third-order valence-corrected chi connectivity index (χ3v) is 5.62. The molecule has 154 valence electrons. The summed E-state index contributed by atoms with van der Waals surface area (Å²) in [5.41, 5.74) is -0.00959. The number of nitro groups is 1. The number of amides is 1. The van der Waals surface area contributed by atoms with E-state index in [1.807, 2.05) is 0 Å². The van der Waals surface area contributed by atoms with Crippen LogP contribution < -0.4 is 10.0 Å². The van der Waals surface area contributed by atoms with E-state index in [0.717, 1.165) is 24.3 Å². The van der Waals surface area contributed by atoms with E-state index in [2.05, 4.69) is 10.0 Å². The Morgan fingerprint density at radius 3 is 2.40 bits per heavy atom. The number of hydrogen-bond donors (Lipinski definition) is 2. The van der Waals surface area contributed by atoms with Crippen LogP contribution in [0.15, 0.2) is 71.6 Å². The zero-order chi connectivity index (χ0) is 21.9. The van der Waals surface area contributed by atoms with E-state index in [-0.39, 0.29) is 32.5 Å². The predicted octanol–water partition coefficient (Wildman–Crippen LogP) is 4.44. The molecule has 0 saturated carbocycles. The molecule has 8 nitrogen and oxygen atoms in total. The molecule has 0 fully saturated rings. The first-order valence-corrected chi connectivity index (χ1v) is 10.2. The zero-order valence-electron chi connectivity index (χ0n) is 15.0. The summed E-state index contributed by atoms with van der Waals surface area (Å²) in [5, 5.41) is 13.4. The molecule has 0 bridgehead atoms. The minimum absolute atomic E-state index is 0.0348. The highest BCUT2D eigenvalue weighted by molar-refractivity contribution is 7.92. The van der Waals surface area contributed by atoms with Crippen molar-refractivity contribution in [3.63, 3.8) is 0 Å². The molecule has 0 atom stereocenters. The number of rotatable bonds is 6. The van der Waals surface area contributed by atoms with Crippen LogP contribution in [0.4, 0.5) is 21.5 Å². The lowest BCUT2D eigenvalue weighted by Gasteiger charge is -2.12. The third kappa shape index (κ3) is 4.91. The van der Waals surface area contributed by atoms with Crippen LogP contribution in [-0.4, -0.2) is 19.2 Å². The van der Waals surface area contributed by atoms with E-state index in [1.54, 1.807) is 0 Å². The molecule has 0 spiro atoms. The first-order chi connectivity index (χ1) is 14.2. The van der Waals surface area contributed by atoms with E-state index < -0.39 is 26.7 Å². The van der Waals surface area contributed by atoms with Gasteiger partial charge in [0.15, 0.2) is 0 Å². The van der Waals surface area contributed by atoms with Gasteiger partial charge in [-0.1, -0.05) is 17.7 Å². The topological polar surface area (TPSA) is 118 Å². The van der Waals surface area contributed by atoms with Crippen molar-refractivity contribution in [1.29, 1.82) is 0 Å². The van der Waals surface area contributed by atoms with Gasteiger partial charge in [-0.05, 0) is 48.5 Å². The number of nitro benzene ring substituents is 1. The molecule has 0 aromatic heterocycles. The van der Waals surface area contributed by atoms with Crippen LogP contribution in [0.1, 0.15) is 10.4 Å². The Labute approximate surface area is 175 Å². The molecule has 0 unspecified atom stereocenters. The number of carbonyl (C=O) groups excluding carboxylic acids is 1. The normalized spacial score (nSPS) is 11.0. The molecule has 0 aliphatic rings. The third-order valence-electron chi connectivity index (χ3n) is 3.91. The Balaban J connectivity index is 1.84. The Hall–Kier alpha value is -3.50. The van der Waals surface area contributed by atoms with Gasteiger partial charge in [0.25, 0.3) is 21.6 Å². The van der Waals surface area contributed by atoms with E-state index >= 15 is 0 Å².